The van der Waals surface area contributed by atoms with Crippen LogP contribution in [0.25, 0.3) is 0 Å². The minimum atomic E-state index is -0.500. The Morgan fingerprint density at radius 2 is 1.16 bits per heavy atom. The second-order valence-electron chi connectivity index (χ2n) is 15.4. The highest BCUT2D eigenvalue weighted by molar-refractivity contribution is 5.89. The largest absolute Gasteiger partial charge is 0.456 e. The fraction of sp³-hybridized carbons (Fsp3) is 0.929. The Morgan fingerprint density at radius 1 is 0.653 bits per heavy atom. The molecule has 286 valence electrons. The number of hydrogen-bond acceptors (Lipinski definition) is 5. The lowest BCUT2D eigenvalue weighted by Gasteiger charge is -2.33. The number of carbonyl (C=O) groups excluding carboxylic acids is 3. The van der Waals surface area contributed by atoms with Crippen molar-refractivity contribution in [3.8, 4) is 0 Å². The third-order valence-electron chi connectivity index (χ3n) is 10.9. The Bertz CT molecular complexity index is 823. The third kappa shape index (κ3) is 22.0. The van der Waals surface area contributed by atoms with Gasteiger partial charge in [0.15, 0.2) is 6.61 Å². The quantitative estimate of drug-likeness (QED) is 0.0461. The van der Waals surface area contributed by atoms with Gasteiger partial charge in [-0.25, -0.2) is 0 Å². The second kappa shape index (κ2) is 30.0. The summed E-state index contributed by atoms with van der Waals surface area (Å²) in [6.07, 6.45) is 34.5. The number of unbranched alkanes of at least 4 members (excludes halogenated alkanes) is 17. The molecule has 0 aromatic rings. The van der Waals surface area contributed by atoms with Crippen LogP contribution in [0.15, 0.2) is 0 Å². The molecule has 0 aromatic carbocycles. The summed E-state index contributed by atoms with van der Waals surface area (Å²) in [7, 11) is 0. The zero-order chi connectivity index (χ0) is 35.2. The van der Waals surface area contributed by atoms with Crippen LogP contribution in [0, 0.1) is 0 Å². The van der Waals surface area contributed by atoms with Gasteiger partial charge in [-0.15, -0.1) is 0 Å². The van der Waals surface area contributed by atoms with Crippen LogP contribution in [0.3, 0.4) is 0 Å². The highest BCUT2D eigenvalue weighted by Gasteiger charge is 2.31. The zero-order valence-electron chi connectivity index (χ0n) is 32.4. The molecule has 0 spiro atoms. The molecule has 0 aromatic heterocycles. The number of amides is 2. The monoisotopic (exact) mass is 690 g/mol. The van der Waals surface area contributed by atoms with Gasteiger partial charge in [0.2, 0.25) is 5.91 Å². The molecule has 1 aliphatic carbocycles. The highest BCUT2D eigenvalue weighted by atomic mass is 16.5. The molecule has 1 saturated heterocycles. The average Bonchev–Trinajstić information content (AvgIpc) is 3.50. The Labute approximate surface area is 302 Å². The number of carbonyl (C=O) groups is 3. The highest BCUT2D eigenvalue weighted by Crippen LogP contribution is 2.20. The van der Waals surface area contributed by atoms with Gasteiger partial charge in [-0.2, -0.15) is 0 Å². The van der Waals surface area contributed by atoms with Gasteiger partial charge in [0.1, 0.15) is 6.04 Å². The van der Waals surface area contributed by atoms with E-state index >= 15 is 0 Å². The molecule has 1 aliphatic heterocycles. The Kier molecular flexibility index (Phi) is 26.7. The molecule has 1 saturated carbocycles. The van der Waals surface area contributed by atoms with Crippen LogP contribution in [-0.4, -0.2) is 72.5 Å². The van der Waals surface area contributed by atoms with Crippen molar-refractivity contribution in [2.45, 2.75) is 219 Å². The van der Waals surface area contributed by atoms with Gasteiger partial charge >= 0.3 is 5.97 Å². The lowest BCUT2D eigenvalue weighted by Crippen LogP contribution is -2.53. The van der Waals surface area contributed by atoms with E-state index < -0.39 is 6.04 Å². The minimum absolute atomic E-state index is 0.00622. The predicted molar refractivity (Wildman–Crippen MR) is 205 cm³/mol. The van der Waals surface area contributed by atoms with Crippen molar-refractivity contribution in [2.24, 2.45) is 0 Å². The molecule has 2 rings (SSSR count). The molecular formula is C42H79N3O4. The van der Waals surface area contributed by atoms with Crippen LogP contribution >= 0.6 is 0 Å². The molecule has 0 radical (unpaired) electrons. The van der Waals surface area contributed by atoms with Gasteiger partial charge in [0, 0.05) is 19.0 Å². The van der Waals surface area contributed by atoms with E-state index in [1.807, 2.05) is 0 Å². The Balaban J connectivity index is 1.84. The molecule has 7 nitrogen and oxygen atoms in total. The van der Waals surface area contributed by atoms with E-state index in [-0.39, 0.29) is 30.4 Å². The number of ether oxygens (including phenoxy) is 1. The summed E-state index contributed by atoms with van der Waals surface area (Å²) in [6.45, 7) is 7.95. The number of nitrogens with zero attached hydrogens (tertiary/aromatic N) is 2. The molecule has 1 heterocycles. The van der Waals surface area contributed by atoms with Crippen LogP contribution < -0.4 is 5.32 Å². The zero-order valence-corrected chi connectivity index (χ0v) is 32.4. The number of likely N-dealkylation sites (tertiary alicyclic amines) is 1. The van der Waals surface area contributed by atoms with Crippen molar-refractivity contribution in [3.05, 3.63) is 0 Å². The van der Waals surface area contributed by atoms with E-state index in [1.54, 1.807) is 4.90 Å². The number of rotatable bonds is 30. The number of esters is 1. The van der Waals surface area contributed by atoms with E-state index in [2.05, 4.69) is 24.1 Å². The maximum Gasteiger partial charge on any atom is 0.306 e. The van der Waals surface area contributed by atoms with Gasteiger partial charge in [-0.1, -0.05) is 155 Å². The predicted octanol–water partition coefficient (Wildman–Crippen LogP) is 10.3. The van der Waals surface area contributed by atoms with Crippen LogP contribution in [0.4, 0.5) is 0 Å². The average molecular weight is 690 g/mol. The van der Waals surface area contributed by atoms with Gasteiger partial charge in [0.25, 0.3) is 5.91 Å². The van der Waals surface area contributed by atoms with Crippen molar-refractivity contribution >= 4 is 17.8 Å². The maximum absolute atomic E-state index is 13.9. The van der Waals surface area contributed by atoms with Crippen molar-refractivity contribution in [1.82, 2.24) is 15.1 Å². The van der Waals surface area contributed by atoms with E-state index in [9.17, 15) is 14.4 Å². The third-order valence-corrected chi connectivity index (χ3v) is 10.9. The standard InChI is InChI=1S/C42H79N3O4/c1-3-5-7-9-11-12-13-14-15-16-17-19-25-32-41(47)49-37-40(46)45(36-28-35-44-33-26-27-34-44)39(31-24-18-10-8-6-4-2)42(48)43-38-29-22-20-21-23-30-38/h38-39H,3-37H2,1-2H3,(H,43,48). The van der Waals surface area contributed by atoms with Crippen LogP contribution in [-0.2, 0) is 19.1 Å². The Hall–Kier alpha value is -1.63. The number of hydrogen-bond donors (Lipinski definition) is 1. The van der Waals surface area contributed by atoms with Crippen molar-refractivity contribution in [3.63, 3.8) is 0 Å². The van der Waals surface area contributed by atoms with Crippen molar-refractivity contribution in [1.29, 1.82) is 0 Å². The molecule has 0 bridgehead atoms. The summed E-state index contributed by atoms with van der Waals surface area (Å²) in [6, 6.07) is -0.304. The smallest absolute Gasteiger partial charge is 0.306 e. The first-order chi connectivity index (χ1) is 24.0. The van der Waals surface area contributed by atoms with E-state index in [4.69, 9.17) is 4.74 Å². The maximum atomic E-state index is 13.9. The van der Waals surface area contributed by atoms with E-state index in [1.165, 1.54) is 116 Å². The van der Waals surface area contributed by atoms with Crippen LogP contribution in [0.2, 0.25) is 0 Å². The van der Waals surface area contributed by atoms with Crippen molar-refractivity contribution in [2.75, 3.05) is 32.8 Å². The number of nitrogens with one attached hydrogen (secondary N) is 1. The summed E-state index contributed by atoms with van der Waals surface area (Å²) < 4.78 is 5.57. The topological polar surface area (TPSA) is 79.0 Å². The molecule has 7 heteroatoms. The van der Waals surface area contributed by atoms with Gasteiger partial charge in [-0.05, 0) is 64.6 Å². The normalized spacial score (nSPS) is 16.4. The van der Waals surface area contributed by atoms with Gasteiger partial charge in [-0.3, -0.25) is 14.4 Å². The second-order valence-corrected chi connectivity index (χ2v) is 15.4. The fourth-order valence-corrected chi connectivity index (χ4v) is 7.78. The molecule has 2 aliphatic rings. The molecule has 1 N–H and O–H groups in total. The summed E-state index contributed by atoms with van der Waals surface area (Å²) in [5, 5.41) is 3.37. The van der Waals surface area contributed by atoms with Crippen LogP contribution in [0.5, 0.6) is 0 Å². The van der Waals surface area contributed by atoms with Gasteiger partial charge < -0.3 is 19.9 Å². The first-order valence-electron chi connectivity index (χ1n) is 21.5. The molecular weight excluding hydrogens is 610 g/mol. The van der Waals surface area contributed by atoms with Crippen molar-refractivity contribution < 1.29 is 19.1 Å². The molecule has 49 heavy (non-hydrogen) atoms. The fourth-order valence-electron chi connectivity index (χ4n) is 7.78. The minimum Gasteiger partial charge on any atom is -0.456 e. The lowest BCUT2D eigenvalue weighted by molar-refractivity contribution is -0.154. The van der Waals surface area contributed by atoms with Gasteiger partial charge in [0.05, 0.1) is 0 Å². The summed E-state index contributed by atoms with van der Waals surface area (Å²) >= 11 is 0. The first-order valence-corrected chi connectivity index (χ1v) is 21.5. The van der Waals surface area contributed by atoms with E-state index in [0.29, 0.717) is 19.4 Å². The van der Waals surface area contributed by atoms with E-state index in [0.717, 1.165) is 83.8 Å². The Morgan fingerprint density at radius 3 is 1.71 bits per heavy atom. The summed E-state index contributed by atoms with van der Waals surface area (Å²) in [5.74, 6) is -0.510. The molecule has 2 amide bonds. The molecule has 1 atom stereocenters. The van der Waals surface area contributed by atoms with Crippen LogP contribution in [0.1, 0.15) is 206 Å². The first kappa shape index (κ1) is 43.5. The summed E-state index contributed by atoms with van der Waals surface area (Å²) in [5.41, 5.74) is 0. The lowest BCUT2D eigenvalue weighted by atomic mass is 10.0. The summed E-state index contributed by atoms with van der Waals surface area (Å²) in [4.78, 5) is 44.6. The molecule has 2 fully saturated rings. The molecule has 1 unspecified atom stereocenters. The SMILES string of the molecule is CCCCCCCCCCCCCCCC(=O)OCC(=O)N(CCCN1CCCC1)C(CCCCCCCC)C(=O)NC1CCCCCC1.